The standard InChI is InChI=1S/C19H39N3O4S/c1-4-11-22(17(24)9-7-6-8-15(3)5-2)19(10-12-23,18(25)26)21-13-16(20)14-27/h15-16,21,23,27H,4-14,20H2,1-3H3,(H,25,26)/t15-,16+,19+/m0/s1. The van der Waals surface area contributed by atoms with Crippen molar-refractivity contribution in [1.82, 2.24) is 10.2 Å². The van der Waals surface area contributed by atoms with Gasteiger partial charge in [-0.15, -0.1) is 0 Å². The number of nitrogens with two attached hydrogens (primary N) is 1. The number of nitrogens with one attached hydrogen (secondary N) is 1. The quantitative estimate of drug-likeness (QED) is 0.152. The third-order valence-corrected chi connectivity index (χ3v) is 5.43. The third kappa shape index (κ3) is 8.81. The van der Waals surface area contributed by atoms with Gasteiger partial charge < -0.3 is 20.8 Å². The Hall–Kier alpha value is -0.830. The van der Waals surface area contributed by atoms with Crippen LogP contribution >= 0.6 is 12.6 Å². The number of unbranched alkanes of at least 4 members (excludes halogenated alkanes) is 1. The number of aliphatic carboxylic acids is 1. The van der Waals surface area contributed by atoms with Crippen molar-refractivity contribution in [2.24, 2.45) is 11.7 Å². The number of amides is 1. The number of carbonyl (C=O) groups excluding carboxylic acids is 1. The Labute approximate surface area is 169 Å². The molecular weight excluding hydrogens is 366 g/mol. The summed E-state index contributed by atoms with van der Waals surface area (Å²) in [4.78, 5) is 26.4. The number of rotatable bonds is 16. The highest BCUT2D eigenvalue weighted by atomic mass is 32.1. The maximum absolute atomic E-state index is 12.9. The first kappa shape index (κ1) is 26.2. The van der Waals surface area contributed by atoms with Gasteiger partial charge in [-0.3, -0.25) is 10.1 Å². The van der Waals surface area contributed by atoms with Crippen LogP contribution in [-0.2, 0) is 9.59 Å². The Kier molecular flexibility index (Phi) is 13.8. The predicted molar refractivity (Wildman–Crippen MR) is 112 cm³/mol. The van der Waals surface area contributed by atoms with Crippen LogP contribution in [-0.4, -0.2) is 64.1 Å². The highest BCUT2D eigenvalue weighted by Crippen LogP contribution is 2.21. The number of hydrogen-bond donors (Lipinski definition) is 5. The van der Waals surface area contributed by atoms with Gasteiger partial charge in [-0.25, -0.2) is 4.79 Å². The fourth-order valence-electron chi connectivity index (χ4n) is 3.00. The lowest BCUT2D eigenvalue weighted by Crippen LogP contribution is -2.67. The molecule has 0 aliphatic rings. The van der Waals surface area contributed by atoms with E-state index in [1.165, 1.54) is 4.90 Å². The van der Waals surface area contributed by atoms with Crippen molar-refractivity contribution in [1.29, 1.82) is 0 Å². The lowest BCUT2D eigenvalue weighted by Gasteiger charge is -2.41. The van der Waals surface area contributed by atoms with E-state index < -0.39 is 11.6 Å². The first-order chi connectivity index (χ1) is 12.8. The van der Waals surface area contributed by atoms with Gasteiger partial charge in [-0.2, -0.15) is 12.6 Å². The largest absolute Gasteiger partial charge is 0.478 e. The Morgan fingerprint density at radius 3 is 2.44 bits per heavy atom. The van der Waals surface area contributed by atoms with Crippen LogP contribution in [0.25, 0.3) is 0 Å². The second-order valence-electron chi connectivity index (χ2n) is 7.27. The molecule has 0 aromatic heterocycles. The first-order valence-corrected chi connectivity index (χ1v) is 10.7. The van der Waals surface area contributed by atoms with Gasteiger partial charge in [0.05, 0.1) is 0 Å². The van der Waals surface area contributed by atoms with Crippen LogP contribution in [0.3, 0.4) is 0 Å². The molecule has 0 unspecified atom stereocenters. The molecule has 0 bridgehead atoms. The molecule has 0 radical (unpaired) electrons. The number of thiol groups is 1. The second-order valence-corrected chi connectivity index (χ2v) is 7.63. The molecule has 0 saturated carbocycles. The number of aliphatic hydroxyl groups is 1. The summed E-state index contributed by atoms with van der Waals surface area (Å²) in [7, 11) is 0. The van der Waals surface area contributed by atoms with Crippen LogP contribution in [0, 0.1) is 5.92 Å². The molecule has 0 saturated heterocycles. The van der Waals surface area contributed by atoms with Gasteiger partial charge in [0.1, 0.15) is 0 Å². The molecule has 7 nitrogen and oxygen atoms in total. The average Bonchev–Trinajstić information content (AvgIpc) is 2.65. The van der Waals surface area contributed by atoms with Crippen LogP contribution in [0.1, 0.15) is 65.7 Å². The molecule has 27 heavy (non-hydrogen) atoms. The van der Waals surface area contributed by atoms with E-state index in [0.717, 1.165) is 25.7 Å². The Morgan fingerprint density at radius 2 is 1.96 bits per heavy atom. The smallest absolute Gasteiger partial charge is 0.345 e. The SMILES string of the molecule is CCCN(C(=O)CCCC[C@@H](C)CC)[C@@](CCO)(NC[C@@H](N)CS)C(=O)O. The van der Waals surface area contributed by atoms with Crippen LogP contribution in [0.4, 0.5) is 0 Å². The van der Waals surface area contributed by atoms with E-state index in [1.807, 2.05) is 6.92 Å². The number of hydrogen-bond acceptors (Lipinski definition) is 6. The highest BCUT2D eigenvalue weighted by Gasteiger charge is 2.45. The minimum absolute atomic E-state index is 0.0970. The van der Waals surface area contributed by atoms with E-state index in [-0.39, 0.29) is 31.5 Å². The average molecular weight is 406 g/mol. The summed E-state index contributed by atoms with van der Waals surface area (Å²) in [5.41, 5.74) is 4.21. The van der Waals surface area contributed by atoms with Gasteiger partial charge in [0.2, 0.25) is 5.91 Å². The van der Waals surface area contributed by atoms with Crippen LogP contribution in [0.2, 0.25) is 0 Å². The van der Waals surface area contributed by atoms with Crippen molar-refractivity contribution >= 4 is 24.5 Å². The molecule has 0 aromatic carbocycles. The molecule has 8 heteroatoms. The number of carbonyl (C=O) groups is 2. The third-order valence-electron chi connectivity index (χ3n) is 4.96. The minimum Gasteiger partial charge on any atom is -0.478 e. The van der Waals surface area contributed by atoms with Crippen molar-refractivity contribution in [2.45, 2.75) is 77.4 Å². The van der Waals surface area contributed by atoms with Crippen molar-refractivity contribution in [3.63, 3.8) is 0 Å². The summed E-state index contributed by atoms with van der Waals surface area (Å²) in [6.07, 6.45) is 4.68. The normalized spacial score (nSPS) is 15.8. The van der Waals surface area contributed by atoms with Gasteiger partial charge in [0, 0.05) is 44.3 Å². The molecule has 3 atom stereocenters. The number of carboxylic acid groups (broad SMARTS) is 1. The van der Waals surface area contributed by atoms with Crippen molar-refractivity contribution in [3.8, 4) is 0 Å². The predicted octanol–water partition coefficient (Wildman–Crippen LogP) is 1.84. The molecule has 0 spiro atoms. The molecule has 1 amide bonds. The molecule has 0 aromatic rings. The van der Waals surface area contributed by atoms with Gasteiger partial charge in [-0.1, -0.05) is 40.0 Å². The maximum Gasteiger partial charge on any atom is 0.345 e. The topological polar surface area (TPSA) is 116 Å². The fourth-order valence-corrected chi connectivity index (χ4v) is 3.13. The Bertz CT molecular complexity index is 439. The molecular formula is C19H39N3O4S. The van der Waals surface area contributed by atoms with Crippen molar-refractivity contribution in [2.75, 3.05) is 25.4 Å². The zero-order valence-corrected chi connectivity index (χ0v) is 18.0. The van der Waals surface area contributed by atoms with Gasteiger partial charge in [0.15, 0.2) is 5.66 Å². The number of aliphatic hydroxyl groups excluding tert-OH is 1. The van der Waals surface area contributed by atoms with E-state index in [0.29, 0.717) is 31.1 Å². The van der Waals surface area contributed by atoms with Gasteiger partial charge >= 0.3 is 5.97 Å². The summed E-state index contributed by atoms with van der Waals surface area (Å²) in [5.74, 6) is -0.365. The molecule has 0 aliphatic carbocycles. The first-order valence-electron chi connectivity index (χ1n) is 10.0. The Balaban J connectivity index is 5.28. The van der Waals surface area contributed by atoms with E-state index >= 15 is 0 Å². The lowest BCUT2D eigenvalue weighted by molar-refractivity contribution is -0.164. The van der Waals surface area contributed by atoms with Crippen LogP contribution < -0.4 is 11.1 Å². The van der Waals surface area contributed by atoms with E-state index in [4.69, 9.17) is 5.73 Å². The Morgan fingerprint density at radius 1 is 1.30 bits per heavy atom. The summed E-state index contributed by atoms with van der Waals surface area (Å²) in [6, 6.07) is -0.347. The van der Waals surface area contributed by atoms with Crippen molar-refractivity contribution < 1.29 is 19.8 Å². The number of nitrogens with zero attached hydrogens (tertiary/aromatic N) is 1. The molecule has 5 N–H and O–H groups in total. The monoisotopic (exact) mass is 405 g/mol. The molecule has 0 heterocycles. The van der Waals surface area contributed by atoms with Crippen molar-refractivity contribution in [3.05, 3.63) is 0 Å². The second kappa shape index (κ2) is 14.2. The lowest BCUT2D eigenvalue weighted by atomic mass is 9.99. The number of carboxylic acids is 1. The fraction of sp³-hybridized carbons (Fsp3) is 0.895. The van der Waals surface area contributed by atoms with Gasteiger partial charge in [0.25, 0.3) is 0 Å². The van der Waals surface area contributed by atoms with Crippen LogP contribution in [0.5, 0.6) is 0 Å². The minimum atomic E-state index is -1.65. The summed E-state index contributed by atoms with van der Waals surface area (Å²) < 4.78 is 0. The molecule has 0 rings (SSSR count). The van der Waals surface area contributed by atoms with Gasteiger partial charge in [-0.05, 0) is 18.8 Å². The van der Waals surface area contributed by atoms with E-state index in [9.17, 15) is 19.8 Å². The summed E-state index contributed by atoms with van der Waals surface area (Å²) in [6.45, 7) is 6.38. The zero-order valence-electron chi connectivity index (χ0n) is 17.1. The maximum atomic E-state index is 12.9. The highest BCUT2D eigenvalue weighted by molar-refractivity contribution is 7.80. The van der Waals surface area contributed by atoms with E-state index in [2.05, 4.69) is 31.8 Å². The summed E-state index contributed by atoms with van der Waals surface area (Å²) >= 11 is 4.12. The van der Waals surface area contributed by atoms with Crippen LogP contribution in [0.15, 0.2) is 0 Å². The molecule has 160 valence electrons. The van der Waals surface area contributed by atoms with E-state index in [1.54, 1.807) is 0 Å². The zero-order chi connectivity index (χ0) is 20.9. The summed E-state index contributed by atoms with van der Waals surface area (Å²) in [5, 5.41) is 22.4. The molecule has 0 aliphatic heterocycles. The molecule has 0 fully saturated rings.